The Kier molecular flexibility index (Phi) is 7.17. The molecule has 3 rings (SSSR count). The van der Waals surface area contributed by atoms with Crippen molar-refractivity contribution < 1.29 is 38.1 Å². The maximum atomic E-state index is 12.1. The van der Waals surface area contributed by atoms with Gasteiger partial charge in [0.1, 0.15) is 6.54 Å². The fourth-order valence-electron chi connectivity index (χ4n) is 2.68. The Balaban J connectivity index is 1.37. The summed E-state index contributed by atoms with van der Waals surface area (Å²) in [6.07, 6.45) is 1.64. The number of thioether (sulfide) groups is 1. The number of carbonyl (C=O) groups excluding carboxylic acids is 4. The number of rotatable bonds is 8. The Hall–Kier alpha value is -3.21. The minimum atomic E-state index is -0.600. The van der Waals surface area contributed by atoms with Crippen LogP contribution in [0.3, 0.4) is 0 Å². The maximum absolute atomic E-state index is 12.1. The van der Waals surface area contributed by atoms with Crippen molar-refractivity contribution in [1.29, 1.82) is 0 Å². The van der Waals surface area contributed by atoms with Crippen molar-refractivity contribution in [2.24, 2.45) is 0 Å². The van der Waals surface area contributed by atoms with E-state index in [9.17, 15) is 19.2 Å². The predicted octanol–water partition coefficient (Wildman–Crippen LogP) is 0.668. The van der Waals surface area contributed by atoms with Crippen molar-refractivity contribution in [1.82, 2.24) is 10.2 Å². The van der Waals surface area contributed by atoms with Gasteiger partial charge in [0, 0.05) is 12.1 Å². The summed E-state index contributed by atoms with van der Waals surface area (Å²) < 4.78 is 20.0. The molecule has 11 heteroatoms. The highest BCUT2D eigenvalue weighted by atomic mass is 32.2. The van der Waals surface area contributed by atoms with Gasteiger partial charge in [-0.05, 0) is 24.6 Å². The molecule has 1 aromatic carbocycles. The van der Waals surface area contributed by atoms with Crippen molar-refractivity contribution in [2.45, 2.75) is 6.42 Å². The molecule has 30 heavy (non-hydrogen) atoms. The van der Waals surface area contributed by atoms with E-state index >= 15 is 0 Å². The number of benzene rings is 1. The largest absolute Gasteiger partial charge is 0.466 e. The number of ether oxygens (including phenoxy) is 4. The number of fused-ring (bicyclic) bond motifs is 1. The fourth-order valence-corrected chi connectivity index (χ4v) is 3.64. The molecule has 0 saturated carbocycles. The number of methoxy groups -OCH3 is 1. The SMILES string of the molecule is COC(=O)/C=C1/SCC(=O)N1CCCOC(=O)CNC(=O)c1ccc2c(c1)OCO2. The summed E-state index contributed by atoms with van der Waals surface area (Å²) in [5, 5.41) is 2.98. The van der Waals surface area contributed by atoms with E-state index in [-0.39, 0.29) is 31.6 Å². The second kappa shape index (κ2) is 10.0. The van der Waals surface area contributed by atoms with E-state index in [1.54, 1.807) is 12.1 Å². The first-order chi connectivity index (χ1) is 14.5. The minimum Gasteiger partial charge on any atom is -0.466 e. The first kappa shape index (κ1) is 21.5. The Morgan fingerprint density at radius 1 is 1.27 bits per heavy atom. The van der Waals surface area contributed by atoms with Crippen LogP contribution in [0.15, 0.2) is 29.3 Å². The van der Waals surface area contributed by atoms with E-state index in [2.05, 4.69) is 10.1 Å². The van der Waals surface area contributed by atoms with Crippen molar-refractivity contribution >= 4 is 35.5 Å². The van der Waals surface area contributed by atoms with Crippen LogP contribution in [-0.2, 0) is 23.9 Å². The zero-order chi connectivity index (χ0) is 21.5. The zero-order valence-electron chi connectivity index (χ0n) is 16.2. The van der Waals surface area contributed by atoms with Gasteiger partial charge >= 0.3 is 11.9 Å². The molecule has 2 aliphatic rings. The summed E-state index contributed by atoms with van der Waals surface area (Å²) in [4.78, 5) is 48.7. The molecule has 0 aromatic heterocycles. The average Bonchev–Trinajstić information content (AvgIpc) is 3.35. The first-order valence-corrected chi connectivity index (χ1v) is 10.0. The van der Waals surface area contributed by atoms with Gasteiger partial charge in [-0.2, -0.15) is 0 Å². The Morgan fingerprint density at radius 3 is 2.87 bits per heavy atom. The lowest BCUT2D eigenvalue weighted by Gasteiger charge is -2.16. The molecule has 1 fully saturated rings. The minimum absolute atomic E-state index is 0.0681. The van der Waals surface area contributed by atoms with Gasteiger partial charge in [0.2, 0.25) is 12.7 Å². The highest BCUT2D eigenvalue weighted by Gasteiger charge is 2.27. The number of esters is 2. The zero-order valence-corrected chi connectivity index (χ0v) is 17.0. The quantitative estimate of drug-likeness (QED) is 0.356. The molecule has 0 radical (unpaired) electrons. The van der Waals surface area contributed by atoms with Gasteiger partial charge in [-0.1, -0.05) is 11.8 Å². The molecule has 1 N–H and O–H groups in total. The molecular formula is C19H20N2O8S. The first-order valence-electron chi connectivity index (χ1n) is 9.04. The summed E-state index contributed by atoms with van der Waals surface area (Å²) in [5.74, 6) is -0.432. The summed E-state index contributed by atoms with van der Waals surface area (Å²) in [6.45, 7) is 0.178. The molecule has 10 nitrogen and oxygen atoms in total. The van der Waals surface area contributed by atoms with Crippen molar-refractivity contribution in [3.63, 3.8) is 0 Å². The van der Waals surface area contributed by atoms with E-state index in [0.29, 0.717) is 35.1 Å². The Labute approximate surface area is 176 Å². The van der Waals surface area contributed by atoms with Crippen LogP contribution in [0.4, 0.5) is 0 Å². The number of carbonyl (C=O) groups is 4. The number of amides is 2. The fraction of sp³-hybridized carbons (Fsp3) is 0.368. The van der Waals surface area contributed by atoms with E-state index in [1.807, 2.05) is 0 Å². The van der Waals surface area contributed by atoms with Gasteiger partial charge in [-0.15, -0.1) is 0 Å². The molecular weight excluding hydrogens is 416 g/mol. The molecule has 2 aliphatic heterocycles. The van der Waals surface area contributed by atoms with Crippen molar-refractivity contribution in [3.8, 4) is 11.5 Å². The van der Waals surface area contributed by atoms with Crippen molar-refractivity contribution in [3.05, 3.63) is 34.9 Å². The number of hydrogen-bond acceptors (Lipinski definition) is 9. The summed E-state index contributed by atoms with van der Waals surface area (Å²) in [7, 11) is 1.26. The van der Waals surface area contributed by atoms with E-state index in [0.717, 1.165) is 0 Å². The van der Waals surface area contributed by atoms with Crippen LogP contribution in [0.2, 0.25) is 0 Å². The summed E-state index contributed by atoms with van der Waals surface area (Å²) in [5.41, 5.74) is 0.335. The third kappa shape index (κ3) is 5.44. The van der Waals surface area contributed by atoms with Crippen LogP contribution in [0.5, 0.6) is 11.5 Å². The van der Waals surface area contributed by atoms with Gasteiger partial charge < -0.3 is 29.2 Å². The standard InChI is InChI=1S/C19H20N2O8S/c1-26-17(23)8-16-21(15(22)10-30-16)5-2-6-27-18(24)9-20-19(25)12-3-4-13-14(7-12)29-11-28-13/h3-4,7-8H,2,5-6,9-11H2,1H3,(H,20,25)/b16-8+. The normalized spacial score (nSPS) is 16.0. The maximum Gasteiger partial charge on any atom is 0.333 e. The molecule has 0 aliphatic carbocycles. The van der Waals surface area contributed by atoms with Crippen LogP contribution in [0.25, 0.3) is 0 Å². The van der Waals surface area contributed by atoms with Gasteiger partial charge in [0.15, 0.2) is 11.5 Å². The number of nitrogens with one attached hydrogen (secondary N) is 1. The highest BCUT2D eigenvalue weighted by molar-refractivity contribution is 8.04. The highest BCUT2D eigenvalue weighted by Crippen LogP contribution is 2.32. The lowest BCUT2D eigenvalue weighted by Crippen LogP contribution is -2.31. The van der Waals surface area contributed by atoms with Gasteiger partial charge in [-0.25, -0.2) is 4.79 Å². The van der Waals surface area contributed by atoms with Crippen LogP contribution in [0.1, 0.15) is 16.8 Å². The Morgan fingerprint density at radius 2 is 2.07 bits per heavy atom. The lowest BCUT2D eigenvalue weighted by molar-refractivity contribution is -0.142. The molecule has 2 amide bonds. The third-order valence-electron chi connectivity index (χ3n) is 4.17. The molecule has 1 saturated heterocycles. The summed E-state index contributed by atoms with van der Waals surface area (Å²) >= 11 is 1.25. The molecule has 2 heterocycles. The second-order valence-corrected chi connectivity index (χ2v) is 7.16. The monoisotopic (exact) mass is 436 g/mol. The molecule has 0 spiro atoms. The van der Waals surface area contributed by atoms with E-state index < -0.39 is 17.8 Å². The molecule has 0 atom stereocenters. The molecule has 1 aromatic rings. The topological polar surface area (TPSA) is 120 Å². The van der Waals surface area contributed by atoms with Gasteiger partial charge in [0.05, 0.1) is 30.6 Å². The van der Waals surface area contributed by atoms with Crippen molar-refractivity contribution in [2.75, 3.05) is 39.4 Å². The van der Waals surface area contributed by atoms with E-state index in [4.69, 9.17) is 14.2 Å². The lowest BCUT2D eigenvalue weighted by atomic mass is 10.2. The number of hydrogen-bond donors (Lipinski definition) is 1. The van der Waals surface area contributed by atoms with Crippen LogP contribution in [0, 0.1) is 0 Å². The molecule has 160 valence electrons. The van der Waals surface area contributed by atoms with Gasteiger partial charge in [-0.3, -0.25) is 14.4 Å². The van der Waals surface area contributed by atoms with Crippen LogP contribution in [-0.4, -0.2) is 68.0 Å². The van der Waals surface area contributed by atoms with E-state index in [1.165, 1.54) is 35.9 Å². The van der Waals surface area contributed by atoms with Crippen LogP contribution < -0.4 is 14.8 Å². The Bertz CT molecular complexity index is 885. The smallest absolute Gasteiger partial charge is 0.333 e. The molecule has 0 unspecified atom stereocenters. The average molecular weight is 436 g/mol. The predicted molar refractivity (Wildman–Crippen MR) is 105 cm³/mol. The van der Waals surface area contributed by atoms with Gasteiger partial charge in [0.25, 0.3) is 5.91 Å². The summed E-state index contributed by atoms with van der Waals surface area (Å²) in [6, 6.07) is 4.72. The second-order valence-electron chi connectivity index (χ2n) is 6.16. The van der Waals surface area contributed by atoms with Crippen LogP contribution >= 0.6 is 11.8 Å². The number of nitrogens with zero attached hydrogens (tertiary/aromatic N) is 1. The third-order valence-corrected chi connectivity index (χ3v) is 5.20. The molecule has 0 bridgehead atoms.